The topological polar surface area (TPSA) is 37.3 Å². The van der Waals surface area contributed by atoms with Gasteiger partial charge in [-0.2, -0.15) is 0 Å². The van der Waals surface area contributed by atoms with Crippen molar-refractivity contribution >= 4 is 5.97 Å². The average Bonchev–Trinajstić information content (AvgIpc) is 2.76. The fourth-order valence-corrected chi connectivity index (χ4v) is 1.58. The van der Waals surface area contributed by atoms with Crippen molar-refractivity contribution in [2.45, 2.75) is 39.0 Å². The van der Waals surface area contributed by atoms with Gasteiger partial charge >= 0.3 is 5.97 Å². The molecule has 0 spiro atoms. The summed E-state index contributed by atoms with van der Waals surface area (Å²) in [6, 6.07) is 6.75. The van der Waals surface area contributed by atoms with Crippen LogP contribution >= 0.6 is 0 Å². The second-order valence-electron chi connectivity index (χ2n) is 3.94. The molecular weight excluding hydrogens is 188 g/mol. The zero-order valence-electron chi connectivity index (χ0n) is 9.20. The smallest absolute Gasteiger partial charge is 0.335 e. The monoisotopic (exact) mass is 206 g/mol. The standard InChI is InChI=1S/C8H8O2.C5H10/c1-6-2-4-7(5-3-6)8(9)10;1-2-4-5-3-1/h2-5H,1H3,(H,9,10);1-5H2. The predicted octanol–water partition coefficient (Wildman–Crippen LogP) is 3.64. The van der Waals surface area contributed by atoms with E-state index in [0.717, 1.165) is 5.56 Å². The second kappa shape index (κ2) is 6.23. The molecule has 0 aromatic heterocycles. The van der Waals surface area contributed by atoms with E-state index in [1.807, 2.05) is 6.92 Å². The third-order valence-electron chi connectivity index (χ3n) is 2.55. The Kier molecular flexibility index (Phi) is 4.88. The van der Waals surface area contributed by atoms with Crippen molar-refractivity contribution < 1.29 is 9.90 Å². The number of carbonyl (C=O) groups is 1. The average molecular weight is 206 g/mol. The van der Waals surface area contributed by atoms with Gasteiger partial charge in [0.15, 0.2) is 0 Å². The Morgan fingerprint density at radius 1 is 1.00 bits per heavy atom. The minimum atomic E-state index is -0.875. The zero-order valence-corrected chi connectivity index (χ0v) is 9.20. The number of carboxylic acids is 1. The first kappa shape index (κ1) is 11.8. The predicted molar refractivity (Wildman–Crippen MR) is 61.2 cm³/mol. The third kappa shape index (κ3) is 4.63. The first-order valence-corrected chi connectivity index (χ1v) is 5.50. The van der Waals surface area contributed by atoms with Crippen LogP contribution in [0.1, 0.15) is 48.0 Å². The molecule has 0 aliphatic heterocycles. The molecule has 1 aromatic carbocycles. The lowest BCUT2D eigenvalue weighted by Gasteiger charge is -1.92. The molecule has 1 aromatic rings. The molecule has 0 atom stereocenters. The molecule has 2 nitrogen and oxygen atoms in total. The Balaban J connectivity index is 0.000000187. The van der Waals surface area contributed by atoms with Gasteiger partial charge in [0, 0.05) is 0 Å². The van der Waals surface area contributed by atoms with Crippen molar-refractivity contribution in [3.05, 3.63) is 35.4 Å². The van der Waals surface area contributed by atoms with Crippen LogP contribution in [-0.4, -0.2) is 11.1 Å². The van der Waals surface area contributed by atoms with Crippen molar-refractivity contribution in [3.8, 4) is 0 Å². The van der Waals surface area contributed by atoms with Gasteiger partial charge in [-0.05, 0) is 19.1 Å². The third-order valence-corrected chi connectivity index (χ3v) is 2.55. The highest BCUT2D eigenvalue weighted by molar-refractivity contribution is 5.87. The van der Waals surface area contributed by atoms with Crippen LogP contribution < -0.4 is 0 Å². The van der Waals surface area contributed by atoms with Crippen molar-refractivity contribution in [1.29, 1.82) is 0 Å². The molecule has 82 valence electrons. The maximum absolute atomic E-state index is 10.3. The normalized spacial score (nSPS) is 14.2. The summed E-state index contributed by atoms with van der Waals surface area (Å²) in [5.41, 5.74) is 1.41. The quantitative estimate of drug-likeness (QED) is 0.761. The molecule has 1 aliphatic rings. The summed E-state index contributed by atoms with van der Waals surface area (Å²) < 4.78 is 0. The summed E-state index contributed by atoms with van der Waals surface area (Å²) in [5.74, 6) is -0.875. The first-order valence-electron chi connectivity index (χ1n) is 5.50. The molecular formula is C13H18O2. The van der Waals surface area contributed by atoms with Crippen molar-refractivity contribution in [2.75, 3.05) is 0 Å². The maximum Gasteiger partial charge on any atom is 0.335 e. The Morgan fingerprint density at radius 2 is 1.40 bits per heavy atom. The molecule has 2 rings (SSSR count). The van der Waals surface area contributed by atoms with E-state index < -0.39 is 5.97 Å². The number of carboxylic acid groups (broad SMARTS) is 1. The first-order chi connectivity index (χ1) is 7.20. The molecule has 0 saturated heterocycles. The Bertz CT molecular complexity index is 289. The molecule has 0 radical (unpaired) electrons. The summed E-state index contributed by atoms with van der Waals surface area (Å²) in [5, 5.41) is 8.48. The Morgan fingerprint density at radius 3 is 1.73 bits per heavy atom. The van der Waals surface area contributed by atoms with Gasteiger partial charge in [0.05, 0.1) is 5.56 Å². The van der Waals surface area contributed by atoms with E-state index in [1.165, 1.54) is 32.1 Å². The van der Waals surface area contributed by atoms with Crippen molar-refractivity contribution in [2.24, 2.45) is 0 Å². The van der Waals surface area contributed by atoms with Crippen molar-refractivity contribution in [3.63, 3.8) is 0 Å². The van der Waals surface area contributed by atoms with Gasteiger partial charge in [-0.1, -0.05) is 49.8 Å². The number of aryl methyl sites for hydroxylation is 1. The fraction of sp³-hybridized carbons (Fsp3) is 0.462. The Hall–Kier alpha value is -1.31. The molecule has 0 bridgehead atoms. The van der Waals surface area contributed by atoms with E-state index in [-0.39, 0.29) is 0 Å². The summed E-state index contributed by atoms with van der Waals surface area (Å²) in [6.45, 7) is 1.92. The summed E-state index contributed by atoms with van der Waals surface area (Å²) in [6.07, 6.45) is 7.50. The molecule has 15 heavy (non-hydrogen) atoms. The highest BCUT2D eigenvalue weighted by Crippen LogP contribution is 2.15. The minimum absolute atomic E-state index is 0.339. The lowest BCUT2D eigenvalue weighted by Crippen LogP contribution is -1.94. The number of hydrogen-bond acceptors (Lipinski definition) is 1. The molecule has 1 N–H and O–H groups in total. The zero-order chi connectivity index (χ0) is 11.1. The van der Waals surface area contributed by atoms with Crippen LogP contribution in [0.2, 0.25) is 0 Å². The summed E-state index contributed by atoms with van der Waals surface area (Å²) in [4.78, 5) is 10.3. The molecule has 0 heterocycles. The van der Waals surface area contributed by atoms with Gasteiger partial charge in [-0.3, -0.25) is 0 Å². The highest BCUT2D eigenvalue weighted by atomic mass is 16.4. The van der Waals surface area contributed by atoms with E-state index in [2.05, 4.69) is 0 Å². The van der Waals surface area contributed by atoms with E-state index in [0.29, 0.717) is 5.56 Å². The van der Waals surface area contributed by atoms with Gasteiger partial charge in [-0.25, -0.2) is 4.79 Å². The highest BCUT2D eigenvalue weighted by Gasteiger charge is 1.98. The van der Waals surface area contributed by atoms with E-state index >= 15 is 0 Å². The SMILES string of the molecule is C1CCCC1.Cc1ccc(C(=O)O)cc1. The molecule has 0 amide bonds. The molecule has 1 fully saturated rings. The van der Waals surface area contributed by atoms with Gasteiger partial charge in [0.1, 0.15) is 0 Å². The molecule has 2 heteroatoms. The lowest BCUT2D eigenvalue weighted by atomic mass is 10.2. The van der Waals surface area contributed by atoms with Crippen LogP contribution in [0.15, 0.2) is 24.3 Å². The number of aromatic carboxylic acids is 1. The largest absolute Gasteiger partial charge is 0.478 e. The minimum Gasteiger partial charge on any atom is -0.478 e. The van der Waals surface area contributed by atoms with Crippen LogP contribution in [0, 0.1) is 6.92 Å². The van der Waals surface area contributed by atoms with Gasteiger partial charge in [0.25, 0.3) is 0 Å². The lowest BCUT2D eigenvalue weighted by molar-refractivity contribution is 0.0697. The maximum atomic E-state index is 10.3. The number of benzene rings is 1. The number of rotatable bonds is 1. The summed E-state index contributed by atoms with van der Waals surface area (Å²) in [7, 11) is 0. The molecule has 1 aliphatic carbocycles. The molecule has 0 unspecified atom stereocenters. The van der Waals surface area contributed by atoms with Crippen LogP contribution in [-0.2, 0) is 0 Å². The van der Waals surface area contributed by atoms with Crippen LogP contribution in [0.4, 0.5) is 0 Å². The van der Waals surface area contributed by atoms with Crippen LogP contribution in [0.3, 0.4) is 0 Å². The van der Waals surface area contributed by atoms with Crippen LogP contribution in [0.25, 0.3) is 0 Å². The van der Waals surface area contributed by atoms with E-state index in [1.54, 1.807) is 24.3 Å². The van der Waals surface area contributed by atoms with E-state index in [9.17, 15) is 4.79 Å². The van der Waals surface area contributed by atoms with Crippen molar-refractivity contribution in [1.82, 2.24) is 0 Å². The van der Waals surface area contributed by atoms with Gasteiger partial charge in [-0.15, -0.1) is 0 Å². The number of hydrogen-bond donors (Lipinski definition) is 1. The second-order valence-corrected chi connectivity index (χ2v) is 3.94. The molecule has 1 saturated carbocycles. The van der Waals surface area contributed by atoms with E-state index in [4.69, 9.17) is 5.11 Å². The van der Waals surface area contributed by atoms with Gasteiger partial charge in [0.2, 0.25) is 0 Å². The Labute approximate surface area is 90.9 Å². The van der Waals surface area contributed by atoms with Gasteiger partial charge < -0.3 is 5.11 Å². The van der Waals surface area contributed by atoms with Crippen LogP contribution in [0.5, 0.6) is 0 Å². The summed E-state index contributed by atoms with van der Waals surface area (Å²) >= 11 is 0. The fourth-order valence-electron chi connectivity index (χ4n) is 1.58.